The van der Waals surface area contributed by atoms with Crippen molar-refractivity contribution in [2.24, 2.45) is 0 Å². The number of aromatic nitrogens is 2. The Hall–Kier alpha value is -10.3. The van der Waals surface area contributed by atoms with E-state index < -0.39 is 13.5 Å². The van der Waals surface area contributed by atoms with Gasteiger partial charge in [-0.25, -0.2) is 0 Å². The zero-order valence-corrected chi connectivity index (χ0v) is 46.1. The highest BCUT2D eigenvalue weighted by atomic mass is 28.3. The first kappa shape index (κ1) is 47.7. The van der Waals surface area contributed by atoms with E-state index in [9.17, 15) is 0 Å². The molecule has 0 unspecified atom stereocenters. The van der Waals surface area contributed by atoms with Crippen LogP contribution >= 0.6 is 0 Å². The average molecular weight is 1060 g/mol. The predicted octanol–water partition coefficient (Wildman–Crippen LogP) is 17.0. The van der Waals surface area contributed by atoms with Gasteiger partial charge in [0.1, 0.15) is 0 Å². The van der Waals surface area contributed by atoms with E-state index in [1.165, 1.54) is 109 Å². The molecule has 0 N–H and O–H groups in total. The van der Waals surface area contributed by atoms with Gasteiger partial charge in [0.05, 0.1) is 33.2 Å². The molecule has 0 radical (unpaired) electrons. The molecule has 0 atom stereocenters. The lowest BCUT2D eigenvalue weighted by atomic mass is 9.68. The van der Waals surface area contributed by atoms with Crippen molar-refractivity contribution in [2.75, 3.05) is 0 Å². The molecule has 3 heteroatoms. The summed E-state index contributed by atoms with van der Waals surface area (Å²) in [4.78, 5) is 0. The SMILES string of the molecule is c1ccc(C2(c3ccc([Si](c4ccccc4)(c4ccccc4)c4ccc(-c5ccccc5-n5c6ccccc6c6ccccc65)c(-c5cccc(-n6c7ccccc7c7ccccc76)c5)c4)cc3)c3ccccc3-c3ccccc32)cc1. The Labute approximate surface area is 478 Å². The minimum Gasteiger partial charge on any atom is -0.309 e. The van der Waals surface area contributed by atoms with Gasteiger partial charge in [0.15, 0.2) is 8.07 Å². The monoisotopic (exact) mass is 1060 g/mol. The van der Waals surface area contributed by atoms with Crippen molar-refractivity contribution < 1.29 is 0 Å². The quantitative estimate of drug-likeness (QED) is 0.0954. The highest BCUT2D eigenvalue weighted by Crippen LogP contribution is 2.56. The molecule has 2 nitrogen and oxygen atoms in total. The number of rotatable bonds is 10. The van der Waals surface area contributed by atoms with Crippen molar-refractivity contribution >= 4 is 72.4 Å². The summed E-state index contributed by atoms with van der Waals surface area (Å²) in [5, 5.41) is 10.3. The zero-order valence-electron chi connectivity index (χ0n) is 45.1. The lowest BCUT2D eigenvalue weighted by molar-refractivity contribution is 0.769. The van der Waals surface area contributed by atoms with Gasteiger partial charge in [-0.05, 0) is 113 Å². The van der Waals surface area contributed by atoms with Crippen LogP contribution < -0.4 is 20.7 Å². The van der Waals surface area contributed by atoms with Crippen molar-refractivity contribution in [3.63, 3.8) is 0 Å². The molecule has 0 bridgehead atoms. The van der Waals surface area contributed by atoms with Crippen molar-refractivity contribution in [1.29, 1.82) is 0 Å². The highest BCUT2D eigenvalue weighted by Gasteiger charge is 2.47. The number of nitrogens with zero attached hydrogens (tertiary/aromatic N) is 2. The van der Waals surface area contributed by atoms with Crippen LogP contribution in [0.5, 0.6) is 0 Å². The Kier molecular flexibility index (Phi) is 11.2. The zero-order chi connectivity index (χ0) is 54.2. The van der Waals surface area contributed by atoms with Gasteiger partial charge in [-0.2, -0.15) is 0 Å². The second kappa shape index (κ2) is 19.2. The molecule has 0 aliphatic heterocycles. The van der Waals surface area contributed by atoms with Crippen LogP contribution in [-0.2, 0) is 5.41 Å². The summed E-state index contributed by atoms with van der Waals surface area (Å²) in [6.07, 6.45) is 0. The molecule has 15 aromatic rings. The second-order valence-corrected chi connectivity index (χ2v) is 25.6. The fourth-order valence-electron chi connectivity index (χ4n) is 14.4. The Morgan fingerprint density at radius 3 is 1.21 bits per heavy atom. The molecular weight excluding hydrogens is 1000 g/mol. The molecular formula is C79H54N2Si. The molecule has 1 aliphatic rings. The van der Waals surface area contributed by atoms with Gasteiger partial charge in [0, 0.05) is 32.8 Å². The van der Waals surface area contributed by atoms with Gasteiger partial charge < -0.3 is 9.13 Å². The minimum absolute atomic E-state index is 0.517. The molecule has 16 rings (SSSR count). The van der Waals surface area contributed by atoms with Gasteiger partial charge in [-0.15, -0.1) is 0 Å². The number of para-hydroxylation sites is 5. The van der Waals surface area contributed by atoms with Gasteiger partial charge in [0.2, 0.25) is 0 Å². The van der Waals surface area contributed by atoms with Crippen LogP contribution in [0.2, 0.25) is 0 Å². The van der Waals surface area contributed by atoms with Crippen molar-refractivity contribution in [1.82, 2.24) is 9.13 Å². The Morgan fingerprint density at radius 1 is 0.244 bits per heavy atom. The van der Waals surface area contributed by atoms with Crippen LogP contribution in [0.15, 0.2) is 328 Å². The Balaban J connectivity index is 0.973. The molecule has 0 saturated carbocycles. The molecule has 0 amide bonds. The first-order valence-electron chi connectivity index (χ1n) is 28.5. The lowest BCUT2D eigenvalue weighted by Gasteiger charge is -2.37. The third kappa shape index (κ3) is 7.06. The topological polar surface area (TPSA) is 9.86 Å². The van der Waals surface area contributed by atoms with Crippen LogP contribution in [0.25, 0.3) is 88.4 Å². The van der Waals surface area contributed by atoms with E-state index in [0.717, 1.165) is 22.5 Å². The number of hydrogen-bond donors (Lipinski definition) is 0. The van der Waals surface area contributed by atoms with Gasteiger partial charge in [-0.1, -0.05) is 285 Å². The van der Waals surface area contributed by atoms with E-state index >= 15 is 0 Å². The average Bonchev–Trinajstić information content (AvgIpc) is 4.00. The largest absolute Gasteiger partial charge is 0.309 e. The lowest BCUT2D eigenvalue weighted by Crippen LogP contribution is -2.74. The predicted molar refractivity (Wildman–Crippen MR) is 347 cm³/mol. The molecule has 384 valence electrons. The molecule has 2 heterocycles. The highest BCUT2D eigenvalue weighted by molar-refractivity contribution is 7.20. The maximum atomic E-state index is 2.58. The molecule has 13 aromatic carbocycles. The summed E-state index contributed by atoms with van der Waals surface area (Å²) in [6.45, 7) is 0. The van der Waals surface area contributed by atoms with Crippen molar-refractivity contribution in [2.45, 2.75) is 5.41 Å². The van der Waals surface area contributed by atoms with Crippen molar-refractivity contribution in [3.05, 3.63) is 350 Å². The summed E-state index contributed by atoms with van der Waals surface area (Å²) >= 11 is 0. The molecule has 0 spiro atoms. The number of fused-ring (bicyclic) bond motifs is 9. The maximum absolute atomic E-state index is 3.19. The van der Waals surface area contributed by atoms with E-state index in [1.54, 1.807) is 0 Å². The second-order valence-electron chi connectivity index (χ2n) is 21.8. The minimum atomic E-state index is -3.19. The number of hydrogen-bond acceptors (Lipinski definition) is 0. The standard InChI is InChI=1S/C79H54N2Si/c1-4-26-56(27-5-1)79(72-40-17-10-33-64(72)65-34-11-18-41-73(65)79)57-47-49-61(50-48-57)82(59-29-6-2-7-30-59,60-31-8-3-9-32-60)62-51-52-63(66-35-12-21-44-76(66)81-77-45-22-15-38-69(77)70-39-16-23-46-78(70)81)71(54-62)55-25-24-28-58(53-55)80-74-42-19-13-36-67(74)68-37-14-20-43-75(68)80/h1-54H. The van der Waals surface area contributed by atoms with Gasteiger partial charge in [-0.3, -0.25) is 0 Å². The first-order valence-corrected chi connectivity index (χ1v) is 30.5. The van der Waals surface area contributed by atoms with Crippen LogP contribution in [0.1, 0.15) is 22.3 Å². The summed E-state index contributed by atoms with van der Waals surface area (Å²) in [5.74, 6) is 0. The molecule has 0 saturated heterocycles. The van der Waals surface area contributed by atoms with Gasteiger partial charge in [0.25, 0.3) is 0 Å². The first-order chi connectivity index (χ1) is 40.7. The fraction of sp³-hybridized carbons (Fsp3) is 0.0127. The van der Waals surface area contributed by atoms with Crippen molar-refractivity contribution in [3.8, 4) is 44.8 Å². The van der Waals surface area contributed by atoms with Gasteiger partial charge >= 0.3 is 0 Å². The van der Waals surface area contributed by atoms with Crippen LogP contribution in [0.3, 0.4) is 0 Å². The van der Waals surface area contributed by atoms with E-state index in [4.69, 9.17) is 0 Å². The molecule has 82 heavy (non-hydrogen) atoms. The Bertz CT molecular complexity index is 4730. The van der Waals surface area contributed by atoms with Crippen LogP contribution in [0, 0.1) is 0 Å². The molecule has 0 fully saturated rings. The summed E-state index contributed by atoms with van der Waals surface area (Å²) in [7, 11) is -3.19. The van der Waals surface area contributed by atoms with E-state index in [1.807, 2.05) is 0 Å². The third-order valence-electron chi connectivity index (χ3n) is 17.8. The van der Waals surface area contributed by atoms with E-state index in [0.29, 0.717) is 0 Å². The fourth-order valence-corrected chi connectivity index (χ4v) is 19.1. The molecule has 1 aliphatic carbocycles. The van der Waals surface area contributed by atoms with Crippen LogP contribution in [0.4, 0.5) is 0 Å². The van der Waals surface area contributed by atoms with Crippen LogP contribution in [-0.4, -0.2) is 17.2 Å². The third-order valence-corrected chi connectivity index (χ3v) is 22.6. The summed E-state index contributed by atoms with van der Waals surface area (Å²) in [5.41, 5.74) is 18.9. The maximum Gasteiger partial charge on any atom is 0.179 e. The van der Waals surface area contributed by atoms with E-state index in [2.05, 4.69) is 337 Å². The Morgan fingerprint density at radius 2 is 0.659 bits per heavy atom. The molecule has 2 aromatic heterocycles. The van der Waals surface area contributed by atoms with E-state index in [-0.39, 0.29) is 0 Å². The summed E-state index contributed by atoms with van der Waals surface area (Å²) < 4.78 is 4.92. The summed E-state index contributed by atoms with van der Waals surface area (Å²) in [6, 6.07) is 123. The smallest absolute Gasteiger partial charge is 0.179 e. The normalized spacial score (nSPS) is 12.7. The number of benzene rings is 13.